The Bertz CT molecular complexity index is 706. The Hall–Kier alpha value is -2.28. The molecule has 7 heteroatoms. The summed E-state index contributed by atoms with van der Waals surface area (Å²) in [6, 6.07) is 11.4. The predicted molar refractivity (Wildman–Crippen MR) is 89.7 cm³/mol. The molecule has 1 aliphatic heterocycles. The number of anilines is 1. The van der Waals surface area contributed by atoms with Crippen LogP contribution in [-0.4, -0.2) is 30.7 Å². The average Bonchev–Trinajstić information content (AvgIpc) is 2.60. The van der Waals surface area contributed by atoms with E-state index in [2.05, 4.69) is 10.3 Å². The molecule has 0 spiro atoms. The minimum atomic E-state index is -4.44. The summed E-state index contributed by atoms with van der Waals surface area (Å²) in [6.07, 6.45) is -4.44. The van der Waals surface area contributed by atoms with Crippen molar-refractivity contribution in [1.29, 1.82) is 0 Å². The van der Waals surface area contributed by atoms with Crippen LogP contribution in [0.5, 0.6) is 5.88 Å². The van der Waals surface area contributed by atoms with E-state index in [4.69, 9.17) is 4.74 Å². The van der Waals surface area contributed by atoms with Crippen LogP contribution in [-0.2, 0) is 12.8 Å². The predicted octanol–water partition coefficient (Wildman–Crippen LogP) is 3.48. The zero-order chi connectivity index (χ0) is 17.9. The summed E-state index contributed by atoms with van der Waals surface area (Å²) in [5.74, 6) is 0.284. The molecule has 1 aliphatic rings. The molecule has 1 saturated heterocycles. The van der Waals surface area contributed by atoms with Crippen molar-refractivity contribution in [3.05, 3.63) is 53.6 Å². The van der Waals surface area contributed by atoms with Gasteiger partial charge in [0.25, 0.3) is 0 Å². The summed E-state index contributed by atoms with van der Waals surface area (Å²) in [5, 5.41) is 3.22. The van der Waals surface area contributed by atoms with Crippen molar-refractivity contribution in [2.24, 2.45) is 0 Å². The lowest BCUT2D eigenvalue weighted by Crippen LogP contribution is -2.50. The Kier molecular flexibility index (Phi) is 5.13. The average molecular weight is 351 g/mol. The molecule has 1 unspecified atom stereocenters. The van der Waals surface area contributed by atoms with Crippen LogP contribution in [0, 0.1) is 0 Å². The number of nitrogens with one attached hydrogen (secondary N) is 1. The van der Waals surface area contributed by atoms with Gasteiger partial charge in [-0.05, 0) is 18.6 Å². The van der Waals surface area contributed by atoms with E-state index >= 15 is 0 Å². The van der Waals surface area contributed by atoms with Gasteiger partial charge in [0.2, 0.25) is 5.88 Å². The highest BCUT2D eigenvalue weighted by Crippen LogP contribution is 2.34. The van der Waals surface area contributed by atoms with E-state index in [-0.39, 0.29) is 18.5 Å². The number of piperazine rings is 1. The highest BCUT2D eigenvalue weighted by Gasteiger charge is 2.33. The van der Waals surface area contributed by atoms with Gasteiger partial charge in [-0.3, -0.25) is 0 Å². The molecule has 0 radical (unpaired) electrons. The van der Waals surface area contributed by atoms with Gasteiger partial charge in [-0.25, -0.2) is 0 Å². The maximum absolute atomic E-state index is 13.3. The van der Waals surface area contributed by atoms with Crippen LogP contribution in [0.15, 0.2) is 42.5 Å². The van der Waals surface area contributed by atoms with E-state index in [1.165, 1.54) is 0 Å². The number of aromatic nitrogens is 1. The van der Waals surface area contributed by atoms with Crippen LogP contribution in [0.4, 0.5) is 19.0 Å². The molecule has 4 nitrogen and oxygen atoms in total. The van der Waals surface area contributed by atoms with Gasteiger partial charge in [0.05, 0.1) is 5.56 Å². The number of benzene rings is 1. The molecule has 3 rings (SSSR count). The van der Waals surface area contributed by atoms with Gasteiger partial charge < -0.3 is 15.0 Å². The van der Waals surface area contributed by atoms with E-state index < -0.39 is 11.7 Å². The van der Waals surface area contributed by atoms with Gasteiger partial charge in [-0.2, -0.15) is 18.2 Å². The molecule has 0 bridgehead atoms. The lowest BCUT2D eigenvalue weighted by atomic mass is 10.2. The summed E-state index contributed by atoms with van der Waals surface area (Å²) in [7, 11) is 0. The zero-order valence-corrected chi connectivity index (χ0v) is 13.9. The quantitative estimate of drug-likeness (QED) is 0.915. The molecule has 25 heavy (non-hydrogen) atoms. The molecule has 1 N–H and O–H groups in total. The van der Waals surface area contributed by atoms with E-state index in [1.807, 2.05) is 42.2 Å². The molecule has 2 aromatic rings. The van der Waals surface area contributed by atoms with Crippen molar-refractivity contribution >= 4 is 5.82 Å². The SMILES string of the molecule is CC1CNCCN1c1cc(C(F)(F)F)cc(OCc2ccccc2)n1. The van der Waals surface area contributed by atoms with Gasteiger partial charge in [0, 0.05) is 31.7 Å². The molecule has 1 atom stereocenters. The Labute approximate surface area is 144 Å². The summed E-state index contributed by atoms with van der Waals surface area (Å²) in [4.78, 5) is 6.19. The van der Waals surface area contributed by atoms with E-state index in [0.29, 0.717) is 25.5 Å². The molecule has 0 amide bonds. The monoisotopic (exact) mass is 351 g/mol. The number of nitrogens with zero attached hydrogens (tertiary/aromatic N) is 2. The van der Waals surface area contributed by atoms with E-state index in [0.717, 1.165) is 17.7 Å². The van der Waals surface area contributed by atoms with Crippen molar-refractivity contribution in [2.45, 2.75) is 25.7 Å². The first-order chi connectivity index (χ1) is 11.9. The molecule has 1 aromatic carbocycles. The van der Waals surface area contributed by atoms with Crippen LogP contribution in [0.2, 0.25) is 0 Å². The number of rotatable bonds is 4. The van der Waals surface area contributed by atoms with Crippen LogP contribution >= 0.6 is 0 Å². The van der Waals surface area contributed by atoms with Crippen molar-refractivity contribution < 1.29 is 17.9 Å². The van der Waals surface area contributed by atoms with E-state index in [9.17, 15) is 13.2 Å². The number of alkyl halides is 3. The Morgan fingerprint density at radius 3 is 2.68 bits per heavy atom. The number of pyridine rings is 1. The topological polar surface area (TPSA) is 37.4 Å². The Balaban J connectivity index is 1.87. The molecule has 1 aromatic heterocycles. The maximum atomic E-state index is 13.3. The molecule has 2 heterocycles. The van der Waals surface area contributed by atoms with Gasteiger partial charge in [0.15, 0.2) is 0 Å². The summed E-state index contributed by atoms with van der Waals surface area (Å²) < 4.78 is 45.3. The highest BCUT2D eigenvalue weighted by atomic mass is 19.4. The van der Waals surface area contributed by atoms with Crippen LogP contribution in [0.25, 0.3) is 0 Å². The minimum Gasteiger partial charge on any atom is -0.473 e. The van der Waals surface area contributed by atoms with Gasteiger partial charge >= 0.3 is 6.18 Å². The molecular weight excluding hydrogens is 331 g/mol. The largest absolute Gasteiger partial charge is 0.473 e. The van der Waals surface area contributed by atoms with Crippen molar-refractivity contribution in [3.63, 3.8) is 0 Å². The number of halogens is 3. The number of hydrogen-bond acceptors (Lipinski definition) is 4. The number of hydrogen-bond donors (Lipinski definition) is 1. The summed E-state index contributed by atoms with van der Waals surface area (Å²) in [6.45, 7) is 4.15. The maximum Gasteiger partial charge on any atom is 0.416 e. The third-order valence-corrected chi connectivity index (χ3v) is 4.14. The third kappa shape index (κ3) is 4.42. The number of ether oxygens (including phenoxy) is 1. The minimum absolute atomic E-state index is 0.0144. The summed E-state index contributed by atoms with van der Waals surface area (Å²) in [5.41, 5.74) is 0.130. The lowest BCUT2D eigenvalue weighted by Gasteiger charge is -2.35. The first-order valence-electron chi connectivity index (χ1n) is 8.17. The van der Waals surface area contributed by atoms with Crippen molar-refractivity contribution in [3.8, 4) is 5.88 Å². The van der Waals surface area contributed by atoms with Crippen molar-refractivity contribution in [2.75, 3.05) is 24.5 Å². The second-order valence-electron chi connectivity index (χ2n) is 6.07. The third-order valence-electron chi connectivity index (χ3n) is 4.14. The fraction of sp³-hybridized carbons (Fsp3) is 0.389. The first-order valence-corrected chi connectivity index (χ1v) is 8.17. The smallest absolute Gasteiger partial charge is 0.416 e. The zero-order valence-electron chi connectivity index (χ0n) is 13.9. The van der Waals surface area contributed by atoms with Gasteiger partial charge in [-0.1, -0.05) is 30.3 Å². The van der Waals surface area contributed by atoms with E-state index in [1.54, 1.807) is 0 Å². The van der Waals surface area contributed by atoms with Crippen LogP contribution in [0.3, 0.4) is 0 Å². The molecule has 0 saturated carbocycles. The lowest BCUT2D eigenvalue weighted by molar-refractivity contribution is -0.137. The molecular formula is C18H20F3N3O. The summed E-state index contributed by atoms with van der Waals surface area (Å²) >= 11 is 0. The fourth-order valence-corrected chi connectivity index (χ4v) is 2.79. The van der Waals surface area contributed by atoms with Gasteiger partial charge in [0.1, 0.15) is 12.4 Å². The second kappa shape index (κ2) is 7.31. The van der Waals surface area contributed by atoms with Crippen molar-refractivity contribution in [1.82, 2.24) is 10.3 Å². The first kappa shape index (κ1) is 17.5. The van der Waals surface area contributed by atoms with Crippen LogP contribution < -0.4 is 15.0 Å². The molecule has 134 valence electrons. The normalized spacial score (nSPS) is 18.2. The Morgan fingerprint density at radius 2 is 2.00 bits per heavy atom. The molecule has 1 fully saturated rings. The molecule has 0 aliphatic carbocycles. The highest BCUT2D eigenvalue weighted by molar-refractivity contribution is 5.46. The standard InChI is InChI=1S/C18H20F3N3O/c1-13-11-22-7-8-24(13)16-9-15(18(19,20)21)10-17(23-16)25-12-14-5-3-2-4-6-14/h2-6,9-10,13,22H,7-8,11-12H2,1H3. The Morgan fingerprint density at radius 1 is 1.24 bits per heavy atom. The van der Waals surface area contributed by atoms with Crippen LogP contribution in [0.1, 0.15) is 18.1 Å². The second-order valence-corrected chi connectivity index (χ2v) is 6.07. The van der Waals surface area contributed by atoms with Gasteiger partial charge in [-0.15, -0.1) is 0 Å². The fourth-order valence-electron chi connectivity index (χ4n) is 2.79.